The van der Waals surface area contributed by atoms with Gasteiger partial charge >= 0.3 is 0 Å². The summed E-state index contributed by atoms with van der Waals surface area (Å²) in [6.45, 7) is 5.58. The summed E-state index contributed by atoms with van der Waals surface area (Å²) in [6, 6.07) is 0.584. The molecule has 4 nitrogen and oxygen atoms in total. The molecule has 0 aromatic carbocycles. The van der Waals surface area contributed by atoms with Crippen molar-refractivity contribution in [1.82, 2.24) is 9.97 Å². The Kier molecular flexibility index (Phi) is 2.75. The van der Waals surface area contributed by atoms with Crippen molar-refractivity contribution in [2.75, 3.05) is 17.2 Å². The van der Waals surface area contributed by atoms with Crippen LogP contribution in [0.1, 0.15) is 26.7 Å². The van der Waals surface area contributed by atoms with E-state index in [0.717, 1.165) is 12.4 Å². The largest absolute Gasteiger partial charge is 0.382 e. The number of rotatable bonds is 2. The van der Waals surface area contributed by atoms with Crippen molar-refractivity contribution in [3.63, 3.8) is 0 Å². The van der Waals surface area contributed by atoms with Crippen LogP contribution in [0.4, 0.5) is 11.6 Å². The van der Waals surface area contributed by atoms with Crippen LogP contribution in [0.5, 0.6) is 0 Å². The van der Waals surface area contributed by atoms with Crippen LogP contribution < -0.4 is 10.6 Å². The third kappa shape index (κ3) is 2.03. The Morgan fingerprint density at radius 2 is 2.27 bits per heavy atom. The van der Waals surface area contributed by atoms with Crippen LogP contribution in [-0.2, 0) is 0 Å². The van der Waals surface area contributed by atoms with Gasteiger partial charge in [-0.2, -0.15) is 0 Å². The van der Waals surface area contributed by atoms with Crippen molar-refractivity contribution in [1.29, 1.82) is 0 Å². The first-order valence-electron chi connectivity index (χ1n) is 5.52. The zero-order valence-corrected chi connectivity index (χ0v) is 9.35. The summed E-state index contributed by atoms with van der Waals surface area (Å²) in [4.78, 5) is 10.7. The highest BCUT2D eigenvalue weighted by atomic mass is 15.2. The van der Waals surface area contributed by atoms with E-state index in [9.17, 15) is 0 Å². The summed E-state index contributed by atoms with van der Waals surface area (Å²) in [5.41, 5.74) is 5.65. The third-order valence-corrected chi connectivity index (χ3v) is 3.00. The molecule has 1 unspecified atom stereocenters. The maximum atomic E-state index is 5.65. The van der Waals surface area contributed by atoms with Gasteiger partial charge in [0.2, 0.25) is 0 Å². The number of aromatic nitrogens is 2. The lowest BCUT2D eigenvalue weighted by atomic mass is 10.0. The van der Waals surface area contributed by atoms with Gasteiger partial charge in [-0.15, -0.1) is 0 Å². The van der Waals surface area contributed by atoms with Crippen LogP contribution in [0, 0.1) is 5.92 Å². The molecule has 0 radical (unpaired) electrons. The molecule has 82 valence electrons. The van der Waals surface area contributed by atoms with Crippen LogP contribution in [0.15, 0.2) is 12.4 Å². The molecule has 2 heterocycles. The van der Waals surface area contributed by atoms with E-state index < -0.39 is 0 Å². The maximum Gasteiger partial charge on any atom is 0.149 e. The second-order valence-corrected chi connectivity index (χ2v) is 4.45. The lowest BCUT2D eigenvalue weighted by molar-refractivity contribution is 0.489. The third-order valence-electron chi connectivity index (χ3n) is 3.00. The van der Waals surface area contributed by atoms with Crippen molar-refractivity contribution in [3.05, 3.63) is 12.4 Å². The highest BCUT2D eigenvalue weighted by Crippen LogP contribution is 2.28. The van der Waals surface area contributed by atoms with Gasteiger partial charge in [0.05, 0.1) is 12.4 Å². The van der Waals surface area contributed by atoms with Crippen LogP contribution in [0.25, 0.3) is 0 Å². The van der Waals surface area contributed by atoms with Gasteiger partial charge in [-0.25, -0.2) is 4.98 Å². The Labute approximate surface area is 90.5 Å². The summed E-state index contributed by atoms with van der Waals surface area (Å²) in [5.74, 6) is 2.07. The molecule has 1 atom stereocenters. The van der Waals surface area contributed by atoms with Crippen molar-refractivity contribution in [3.8, 4) is 0 Å². The molecular formula is C11H18N4. The van der Waals surface area contributed by atoms with Crippen molar-refractivity contribution >= 4 is 11.6 Å². The second-order valence-electron chi connectivity index (χ2n) is 4.45. The molecule has 2 N–H and O–H groups in total. The van der Waals surface area contributed by atoms with Crippen molar-refractivity contribution in [2.45, 2.75) is 32.7 Å². The van der Waals surface area contributed by atoms with E-state index in [0.29, 0.717) is 17.8 Å². The SMILES string of the molecule is CC(C)C1CCCN1c1cncc(N)n1. The standard InChI is InChI=1S/C11H18N4/c1-8(2)9-4-3-5-15(9)11-7-13-6-10(12)14-11/h6-9H,3-5H2,1-2H3,(H2,12,14). The molecule has 15 heavy (non-hydrogen) atoms. The predicted octanol–water partition coefficient (Wildman–Crippen LogP) is 1.68. The van der Waals surface area contributed by atoms with E-state index in [1.54, 1.807) is 12.4 Å². The van der Waals surface area contributed by atoms with Crippen LogP contribution in [-0.4, -0.2) is 22.6 Å². The quantitative estimate of drug-likeness (QED) is 0.800. The van der Waals surface area contributed by atoms with Gasteiger partial charge in [0.15, 0.2) is 0 Å². The average molecular weight is 206 g/mol. The first kappa shape index (κ1) is 10.2. The fraction of sp³-hybridized carbons (Fsp3) is 0.636. The summed E-state index contributed by atoms with van der Waals surface area (Å²) in [6.07, 6.45) is 5.87. The summed E-state index contributed by atoms with van der Waals surface area (Å²) in [7, 11) is 0. The van der Waals surface area contributed by atoms with Gasteiger partial charge in [-0.3, -0.25) is 4.98 Å². The van der Waals surface area contributed by atoms with E-state index in [4.69, 9.17) is 5.73 Å². The first-order chi connectivity index (χ1) is 7.18. The molecule has 1 fully saturated rings. The minimum Gasteiger partial charge on any atom is -0.382 e. The first-order valence-corrected chi connectivity index (χ1v) is 5.52. The van der Waals surface area contributed by atoms with Gasteiger partial charge in [0.25, 0.3) is 0 Å². The smallest absolute Gasteiger partial charge is 0.149 e. The average Bonchev–Trinajstić information content (AvgIpc) is 2.65. The molecule has 0 aliphatic carbocycles. The zero-order valence-electron chi connectivity index (χ0n) is 9.35. The highest BCUT2D eigenvalue weighted by molar-refractivity contribution is 5.43. The molecule has 1 saturated heterocycles. The summed E-state index contributed by atoms with van der Waals surface area (Å²) in [5, 5.41) is 0. The summed E-state index contributed by atoms with van der Waals surface area (Å²) >= 11 is 0. The zero-order chi connectivity index (χ0) is 10.8. The number of anilines is 2. The molecule has 2 rings (SSSR count). The van der Waals surface area contributed by atoms with Crippen molar-refractivity contribution < 1.29 is 0 Å². The molecular weight excluding hydrogens is 188 g/mol. The minimum atomic E-state index is 0.502. The van der Waals surface area contributed by atoms with E-state index in [2.05, 4.69) is 28.7 Å². The molecule has 1 aliphatic rings. The molecule has 0 saturated carbocycles. The Morgan fingerprint density at radius 1 is 1.47 bits per heavy atom. The fourth-order valence-corrected chi connectivity index (χ4v) is 2.28. The highest BCUT2D eigenvalue weighted by Gasteiger charge is 2.28. The Balaban J connectivity index is 2.22. The molecule has 4 heteroatoms. The van der Waals surface area contributed by atoms with Gasteiger partial charge in [-0.05, 0) is 18.8 Å². The van der Waals surface area contributed by atoms with Crippen LogP contribution >= 0.6 is 0 Å². The number of hydrogen-bond donors (Lipinski definition) is 1. The molecule has 0 amide bonds. The monoisotopic (exact) mass is 206 g/mol. The minimum absolute atomic E-state index is 0.502. The molecule has 1 aromatic rings. The Hall–Kier alpha value is -1.32. The van der Waals surface area contributed by atoms with Crippen molar-refractivity contribution in [2.24, 2.45) is 5.92 Å². The van der Waals surface area contributed by atoms with Gasteiger partial charge in [-0.1, -0.05) is 13.8 Å². The normalized spacial score (nSPS) is 21.3. The lowest BCUT2D eigenvalue weighted by Crippen LogP contribution is -2.34. The summed E-state index contributed by atoms with van der Waals surface area (Å²) < 4.78 is 0. The van der Waals surface area contributed by atoms with Gasteiger partial charge in [0, 0.05) is 12.6 Å². The Bertz CT molecular complexity index is 337. The molecule has 1 aromatic heterocycles. The lowest BCUT2D eigenvalue weighted by Gasteiger charge is -2.28. The van der Waals surface area contributed by atoms with Crippen LogP contribution in [0.2, 0.25) is 0 Å². The van der Waals surface area contributed by atoms with E-state index >= 15 is 0 Å². The molecule has 0 spiro atoms. The van der Waals surface area contributed by atoms with Gasteiger partial charge in [0.1, 0.15) is 11.6 Å². The van der Waals surface area contributed by atoms with E-state index in [1.165, 1.54) is 12.8 Å². The Morgan fingerprint density at radius 3 is 2.93 bits per heavy atom. The predicted molar refractivity (Wildman–Crippen MR) is 61.7 cm³/mol. The van der Waals surface area contributed by atoms with E-state index in [-0.39, 0.29) is 0 Å². The second kappa shape index (κ2) is 4.04. The number of nitrogens with two attached hydrogens (primary N) is 1. The molecule has 0 bridgehead atoms. The maximum absolute atomic E-state index is 5.65. The number of nitrogens with zero attached hydrogens (tertiary/aromatic N) is 3. The van der Waals surface area contributed by atoms with E-state index in [1.807, 2.05) is 0 Å². The fourth-order valence-electron chi connectivity index (χ4n) is 2.28. The number of hydrogen-bond acceptors (Lipinski definition) is 4. The van der Waals surface area contributed by atoms with Crippen LogP contribution in [0.3, 0.4) is 0 Å². The van der Waals surface area contributed by atoms with Gasteiger partial charge < -0.3 is 10.6 Å². The number of nitrogen functional groups attached to an aromatic ring is 1. The topological polar surface area (TPSA) is 55.0 Å². The molecule has 1 aliphatic heterocycles.